The van der Waals surface area contributed by atoms with E-state index < -0.39 is 0 Å². The summed E-state index contributed by atoms with van der Waals surface area (Å²) in [5.41, 5.74) is 8.48. The zero-order chi connectivity index (χ0) is 19.6. The summed E-state index contributed by atoms with van der Waals surface area (Å²) < 4.78 is 0. The number of hydrogen-bond acceptors (Lipinski definition) is 4. The van der Waals surface area contributed by atoms with E-state index in [0.717, 1.165) is 5.56 Å². The summed E-state index contributed by atoms with van der Waals surface area (Å²) in [6.07, 6.45) is 1.27. The molecule has 1 amide bonds. The fourth-order valence-corrected chi connectivity index (χ4v) is 3.51. The molecule has 0 bridgehead atoms. The molecule has 5 nitrogen and oxygen atoms in total. The molecule has 2 aromatic rings. The van der Waals surface area contributed by atoms with Crippen LogP contribution in [0.3, 0.4) is 0 Å². The summed E-state index contributed by atoms with van der Waals surface area (Å²) in [6, 6.07) is 12.2. The highest BCUT2D eigenvalue weighted by Crippen LogP contribution is 2.26. The molecule has 3 N–H and O–H groups in total. The van der Waals surface area contributed by atoms with Crippen molar-refractivity contribution >= 4 is 17.4 Å². The van der Waals surface area contributed by atoms with Crippen LogP contribution in [0.4, 0.5) is 5.69 Å². The second-order valence-electron chi connectivity index (χ2n) is 7.48. The van der Waals surface area contributed by atoms with E-state index in [1.807, 2.05) is 24.3 Å². The van der Waals surface area contributed by atoms with Crippen LogP contribution in [0.5, 0.6) is 5.75 Å². The molecule has 1 aliphatic rings. The molecule has 1 aliphatic heterocycles. The van der Waals surface area contributed by atoms with Gasteiger partial charge in [-0.2, -0.15) is 0 Å². The molecule has 0 aromatic heterocycles. The number of aromatic hydroxyl groups is 1. The molecule has 0 aliphatic carbocycles. The molecule has 1 saturated heterocycles. The Morgan fingerprint density at radius 3 is 2.30 bits per heavy atom. The van der Waals surface area contributed by atoms with Crippen LogP contribution < -0.4 is 5.73 Å². The van der Waals surface area contributed by atoms with E-state index in [1.165, 1.54) is 23.8 Å². The van der Waals surface area contributed by atoms with Gasteiger partial charge in [-0.15, -0.1) is 0 Å². The molecule has 1 heterocycles. The van der Waals surface area contributed by atoms with Crippen molar-refractivity contribution in [1.82, 2.24) is 4.90 Å². The van der Waals surface area contributed by atoms with Crippen molar-refractivity contribution in [3.05, 3.63) is 59.2 Å². The number of carbonyl (C=O) groups excluding carboxylic acids is 2. The number of phenols is 1. The van der Waals surface area contributed by atoms with Gasteiger partial charge in [0.2, 0.25) is 0 Å². The van der Waals surface area contributed by atoms with E-state index in [2.05, 4.69) is 13.8 Å². The van der Waals surface area contributed by atoms with Gasteiger partial charge in [0, 0.05) is 30.3 Å². The zero-order valence-corrected chi connectivity index (χ0v) is 15.8. The minimum Gasteiger partial charge on any atom is -0.508 e. The van der Waals surface area contributed by atoms with Crippen LogP contribution in [0.1, 0.15) is 58.9 Å². The Bertz CT molecular complexity index is 835. The lowest BCUT2D eigenvalue weighted by molar-refractivity contribution is 0.0651. The van der Waals surface area contributed by atoms with Crippen LogP contribution in [-0.2, 0) is 0 Å². The Labute approximate surface area is 159 Å². The van der Waals surface area contributed by atoms with Crippen LogP contribution in [0.25, 0.3) is 0 Å². The average Bonchev–Trinajstić information content (AvgIpc) is 2.69. The number of piperidine rings is 1. The van der Waals surface area contributed by atoms with Crippen molar-refractivity contribution in [1.29, 1.82) is 0 Å². The minimum absolute atomic E-state index is 0.0162. The highest BCUT2D eigenvalue weighted by molar-refractivity contribution is 6.00. The van der Waals surface area contributed by atoms with Gasteiger partial charge >= 0.3 is 0 Å². The van der Waals surface area contributed by atoms with Crippen molar-refractivity contribution < 1.29 is 14.7 Å². The Hall–Kier alpha value is -2.82. The monoisotopic (exact) mass is 366 g/mol. The Morgan fingerprint density at radius 1 is 1.07 bits per heavy atom. The smallest absolute Gasteiger partial charge is 0.256 e. The van der Waals surface area contributed by atoms with Gasteiger partial charge in [-0.3, -0.25) is 9.59 Å². The molecule has 0 atom stereocenters. The van der Waals surface area contributed by atoms with Gasteiger partial charge in [-0.1, -0.05) is 38.1 Å². The van der Waals surface area contributed by atoms with E-state index in [0.29, 0.717) is 43.1 Å². The van der Waals surface area contributed by atoms with Gasteiger partial charge in [0.05, 0.1) is 5.56 Å². The second-order valence-corrected chi connectivity index (χ2v) is 7.48. The SMILES string of the molecule is CC(C)c1ccc(C(=O)C2CCN(C(=O)c3cc(O)ccc3N)CC2)cc1. The number of nitrogens with two attached hydrogens (primary N) is 1. The van der Waals surface area contributed by atoms with Gasteiger partial charge in [0.15, 0.2) is 5.78 Å². The highest BCUT2D eigenvalue weighted by Gasteiger charge is 2.29. The average molecular weight is 366 g/mol. The number of Topliss-reactive ketones (excluding diaryl/α,β-unsaturated/α-hetero) is 1. The third-order valence-corrected chi connectivity index (χ3v) is 5.28. The molecule has 5 heteroatoms. The number of nitrogens with zero attached hydrogens (tertiary/aromatic N) is 1. The number of phenolic OH excluding ortho intramolecular Hbond substituents is 1. The van der Waals surface area contributed by atoms with Crippen molar-refractivity contribution in [3.8, 4) is 5.75 Å². The van der Waals surface area contributed by atoms with Gasteiger partial charge in [-0.05, 0) is 42.5 Å². The minimum atomic E-state index is -0.199. The van der Waals surface area contributed by atoms with E-state index >= 15 is 0 Å². The molecule has 0 radical (unpaired) electrons. The number of carbonyl (C=O) groups is 2. The fourth-order valence-electron chi connectivity index (χ4n) is 3.51. The first-order valence-electron chi connectivity index (χ1n) is 9.38. The predicted octanol–water partition coefficient (Wildman–Crippen LogP) is 3.83. The normalized spacial score (nSPS) is 15.1. The van der Waals surface area contributed by atoms with Crippen molar-refractivity contribution in [2.24, 2.45) is 5.92 Å². The van der Waals surface area contributed by atoms with E-state index in [-0.39, 0.29) is 23.4 Å². The van der Waals surface area contributed by atoms with Gasteiger partial charge in [0.1, 0.15) is 5.75 Å². The van der Waals surface area contributed by atoms with Gasteiger partial charge < -0.3 is 15.7 Å². The molecule has 0 spiro atoms. The lowest BCUT2D eigenvalue weighted by Crippen LogP contribution is -2.40. The maximum Gasteiger partial charge on any atom is 0.256 e. The number of likely N-dealkylation sites (tertiary alicyclic amines) is 1. The summed E-state index contributed by atoms with van der Waals surface area (Å²) in [4.78, 5) is 27.1. The standard InChI is InChI=1S/C22H26N2O3/c1-14(2)15-3-5-16(6-4-15)21(26)17-9-11-24(12-10-17)22(27)19-13-18(25)7-8-20(19)23/h3-8,13-14,17,25H,9-12,23H2,1-2H3. The lowest BCUT2D eigenvalue weighted by atomic mass is 9.88. The number of rotatable bonds is 4. The number of anilines is 1. The Balaban J connectivity index is 1.63. The summed E-state index contributed by atoms with van der Waals surface area (Å²) in [7, 11) is 0. The largest absolute Gasteiger partial charge is 0.508 e. The molecular formula is C22H26N2O3. The van der Waals surface area contributed by atoms with Crippen molar-refractivity contribution in [2.45, 2.75) is 32.6 Å². The van der Waals surface area contributed by atoms with Crippen LogP contribution in [-0.4, -0.2) is 34.8 Å². The molecule has 3 rings (SSSR count). The molecule has 27 heavy (non-hydrogen) atoms. The summed E-state index contributed by atoms with van der Waals surface area (Å²) in [5.74, 6) is 0.334. The number of amides is 1. The van der Waals surface area contributed by atoms with E-state index in [4.69, 9.17) is 5.73 Å². The molecule has 0 unspecified atom stereocenters. The molecular weight excluding hydrogens is 340 g/mol. The summed E-state index contributed by atoms with van der Waals surface area (Å²) >= 11 is 0. The van der Waals surface area contributed by atoms with Crippen LogP contribution in [0, 0.1) is 5.92 Å². The number of nitrogen functional groups attached to an aromatic ring is 1. The zero-order valence-electron chi connectivity index (χ0n) is 15.8. The molecule has 1 fully saturated rings. The van der Waals surface area contributed by atoms with Crippen molar-refractivity contribution in [3.63, 3.8) is 0 Å². The van der Waals surface area contributed by atoms with Crippen LogP contribution >= 0.6 is 0 Å². The quantitative estimate of drug-likeness (QED) is 0.489. The maximum absolute atomic E-state index is 12.8. The summed E-state index contributed by atoms with van der Waals surface area (Å²) in [6.45, 7) is 5.27. The van der Waals surface area contributed by atoms with Crippen LogP contribution in [0.2, 0.25) is 0 Å². The lowest BCUT2D eigenvalue weighted by Gasteiger charge is -2.31. The maximum atomic E-state index is 12.8. The van der Waals surface area contributed by atoms with Crippen LogP contribution in [0.15, 0.2) is 42.5 Å². The van der Waals surface area contributed by atoms with E-state index in [1.54, 1.807) is 4.90 Å². The first kappa shape index (κ1) is 19.0. The Kier molecular flexibility index (Phi) is 5.49. The first-order chi connectivity index (χ1) is 12.9. The topological polar surface area (TPSA) is 83.6 Å². The molecule has 142 valence electrons. The van der Waals surface area contributed by atoms with E-state index in [9.17, 15) is 14.7 Å². The molecule has 0 saturated carbocycles. The number of hydrogen-bond donors (Lipinski definition) is 2. The second kappa shape index (κ2) is 7.82. The number of ketones is 1. The summed E-state index contributed by atoms with van der Waals surface area (Å²) in [5, 5.41) is 9.61. The predicted molar refractivity (Wildman–Crippen MR) is 106 cm³/mol. The highest BCUT2D eigenvalue weighted by atomic mass is 16.3. The third-order valence-electron chi connectivity index (χ3n) is 5.28. The van der Waals surface area contributed by atoms with Gasteiger partial charge in [-0.25, -0.2) is 0 Å². The van der Waals surface area contributed by atoms with Crippen molar-refractivity contribution in [2.75, 3.05) is 18.8 Å². The molecule has 2 aromatic carbocycles. The number of benzene rings is 2. The fraction of sp³-hybridized carbons (Fsp3) is 0.364. The third kappa shape index (κ3) is 4.13. The van der Waals surface area contributed by atoms with Gasteiger partial charge in [0.25, 0.3) is 5.91 Å². The Morgan fingerprint density at radius 2 is 1.70 bits per heavy atom. The first-order valence-corrected chi connectivity index (χ1v) is 9.38.